The molecule has 5 amide bonds. The maximum absolute atomic E-state index is 13.8. The fraction of sp³-hybridized carbons (Fsp3) is 0.532. The molecular formula is C47H60FN11O7S. The van der Waals surface area contributed by atoms with E-state index >= 15 is 0 Å². The minimum atomic E-state index is -1.00. The van der Waals surface area contributed by atoms with Gasteiger partial charge in [-0.15, -0.1) is 12.6 Å². The highest BCUT2D eigenvalue weighted by Crippen LogP contribution is 2.36. The Morgan fingerprint density at radius 1 is 1.00 bits per heavy atom. The Morgan fingerprint density at radius 3 is 2.52 bits per heavy atom. The third-order valence-electron chi connectivity index (χ3n) is 13.1. The maximum atomic E-state index is 13.8. The Hall–Kier alpha value is -5.70. The third kappa shape index (κ3) is 10.9. The summed E-state index contributed by atoms with van der Waals surface area (Å²) < 4.78 is 27.0. The zero-order valence-corrected chi connectivity index (χ0v) is 39.2. The molecule has 4 aliphatic rings. The second-order valence-electron chi connectivity index (χ2n) is 17.8. The number of anilines is 4. The van der Waals surface area contributed by atoms with Gasteiger partial charge in [0.15, 0.2) is 0 Å². The molecule has 7 heterocycles. The summed E-state index contributed by atoms with van der Waals surface area (Å²) >= 11 is 4.37. The molecule has 20 heteroatoms. The average molecular weight is 942 g/mol. The number of imide groups is 2. The highest BCUT2D eigenvalue weighted by Gasteiger charge is 2.46. The number of hydrogen-bond donors (Lipinski definition) is 4. The van der Waals surface area contributed by atoms with E-state index in [1.807, 2.05) is 18.3 Å². The molecule has 18 nitrogen and oxygen atoms in total. The molecule has 67 heavy (non-hydrogen) atoms. The first kappa shape index (κ1) is 47.8. The Morgan fingerprint density at radius 2 is 1.79 bits per heavy atom. The smallest absolute Gasteiger partial charge is 0.264 e. The number of nitrogens with one attached hydrogen (secondary N) is 3. The number of methoxy groups -OCH3 is 1. The van der Waals surface area contributed by atoms with E-state index in [2.05, 4.69) is 71.7 Å². The summed E-state index contributed by atoms with van der Waals surface area (Å²) in [7, 11) is 1.58. The Balaban J connectivity index is 0.780. The van der Waals surface area contributed by atoms with Crippen molar-refractivity contribution in [2.24, 2.45) is 0 Å². The number of hydrogen-bond acceptors (Lipinski definition) is 15. The molecule has 0 spiro atoms. The molecule has 8 rings (SSSR count). The predicted molar refractivity (Wildman–Crippen MR) is 254 cm³/mol. The molecule has 3 saturated heterocycles. The maximum Gasteiger partial charge on any atom is 0.264 e. The predicted octanol–water partition coefficient (Wildman–Crippen LogP) is 4.89. The van der Waals surface area contributed by atoms with E-state index < -0.39 is 36.3 Å². The van der Waals surface area contributed by atoms with Crippen molar-refractivity contribution < 1.29 is 37.8 Å². The molecule has 0 saturated carbocycles. The van der Waals surface area contributed by atoms with Gasteiger partial charge in [0.25, 0.3) is 17.7 Å². The number of rotatable bonds is 19. The number of piperidine rings is 3. The number of alkyl halides is 1. The topological polar surface area (TPSA) is 196 Å². The molecular weight excluding hydrogens is 882 g/mol. The van der Waals surface area contributed by atoms with Crippen LogP contribution in [0.4, 0.5) is 27.7 Å². The van der Waals surface area contributed by atoms with E-state index in [1.165, 1.54) is 0 Å². The molecule has 4 aromatic rings. The first-order chi connectivity index (χ1) is 32.4. The zero-order chi connectivity index (χ0) is 47.2. The zero-order valence-electron chi connectivity index (χ0n) is 38.3. The van der Waals surface area contributed by atoms with E-state index in [9.17, 15) is 28.4 Å². The number of pyridine rings is 1. The first-order valence-electron chi connectivity index (χ1n) is 23.3. The second kappa shape index (κ2) is 21.5. The van der Waals surface area contributed by atoms with Crippen LogP contribution in [0.5, 0.6) is 0 Å². The molecule has 1 unspecified atom stereocenters. The Bertz CT molecular complexity index is 2460. The number of halogens is 1. The van der Waals surface area contributed by atoms with Crippen LogP contribution in [0.1, 0.15) is 102 Å². The average Bonchev–Trinajstić information content (AvgIpc) is 3.84. The molecule has 2 atom stereocenters. The normalized spacial score (nSPS) is 19.0. The van der Waals surface area contributed by atoms with Gasteiger partial charge in [-0.05, 0) is 70.6 Å². The lowest BCUT2D eigenvalue weighted by molar-refractivity contribution is -0.136. The van der Waals surface area contributed by atoms with Crippen molar-refractivity contribution in [1.82, 2.24) is 40.0 Å². The highest BCUT2D eigenvalue weighted by molar-refractivity contribution is 7.80. The summed E-state index contributed by atoms with van der Waals surface area (Å²) in [5.41, 5.74) is 2.44. The van der Waals surface area contributed by atoms with Gasteiger partial charge in [-0.1, -0.05) is 6.07 Å². The molecule has 358 valence electrons. The fourth-order valence-electron chi connectivity index (χ4n) is 9.45. The molecule has 0 aliphatic carbocycles. The number of nitrogens with zero attached hydrogens (tertiary/aromatic N) is 8. The summed E-state index contributed by atoms with van der Waals surface area (Å²) in [4.78, 5) is 85.9. The lowest BCUT2D eigenvalue weighted by atomic mass is 10.0. The van der Waals surface area contributed by atoms with Crippen LogP contribution in [0, 0.1) is 0 Å². The van der Waals surface area contributed by atoms with Crippen molar-refractivity contribution in [2.45, 2.75) is 94.9 Å². The van der Waals surface area contributed by atoms with Gasteiger partial charge >= 0.3 is 0 Å². The Labute approximate surface area is 394 Å². The minimum Gasteiger partial charge on any atom is -0.378 e. The Kier molecular flexibility index (Phi) is 15.3. The standard InChI is InChI=1S/C47H60FN11O7S/c1-29(2)58-28-34(33-27-50-39(26-37(33)58)52-38-10-17-49-47(53-38)57(24-16-48)23-15-41(67)65-3)43(61)51-30-11-19-55(20-12-30)18-5-25-66-31-13-21-56(22-14-31)35-7-4-6-32-42(35)46(64)59(45(32)63)36-8-9-40(60)54-44(36)62/h4,6-7,10,17,26-31,36,41,67H,5,8-9,11-16,18-25H2,1-3H3,(H,51,61)(H,54,60,62)(H,49,50,52,53)/t36?,41-/m0/s1. The van der Waals surface area contributed by atoms with Gasteiger partial charge in [-0.25, -0.2) is 14.4 Å². The van der Waals surface area contributed by atoms with Crippen LogP contribution in [0.3, 0.4) is 0 Å². The number of fused-ring (bicyclic) bond motifs is 2. The number of aromatic nitrogens is 4. The number of carbonyl (C=O) groups is 5. The van der Waals surface area contributed by atoms with Gasteiger partial charge in [0.1, 0.15) is 29.8 Å². The van der Waals surface area contributed by atoms with E-state index in [4.69, 9.17) is 9.47 Å². The number of ether oxygens (including phenoxy) is 2. The fourth-order valence-corrected chi connectivity index (χ4v) is 9.56. The number of benzene rings is 1. The lowest BCUT2D eigenvalue weighted by Crippen LogP contribution is -2.54. The molecule has 0 bridgehead atoms. The van der Waals surface area contributed by atoms with Crippen LogP contribution in [-0.2, 0) is 19.1 Å². The van der Waals surface area contributed by atoms with E-state index in [1.54, 1.807) is 42.6 Å². The summed E-state index contributed by atoms with van der Waals surface area (Å²) in [6.07, 6.45) is 10.2. The molecule has 1 aromatic carbocycles. The summed E-state index contributed by atoms with van der Waals surface area (Å²) in [5.74, 6) is -0.713. The van der Waals surface area contributed by atoms with Crippen LogP contribution in [0.25, 0.3) is 10.9 Å². The van der Waals surface area contributed by atoms with Crippen molar-refractivity contribution in [1.29, 1.82) is 0 Å². The van der Waals surface area contributed by atoms with Crippen LogP contribution < -0.4 is 25.8 Å². The van der Waals surface area contributed by atoms with E-state index in [0.717, 1.165) is 67.5 Å². The largest absolute Gasteiger partial charge is 0.378 e. The van der Waals surface area contributed by atoms with Crippen LogP contribution in [-0.4, -0.2) is 149 Å². The third-order valence-corrected chi connectivity index (χ3v) is 13.6. The van der Waals surface area contributed by atoms with Gasteiger partial charge in [-0.2, -0.15) is 4.98 Å². The molecule has 3 aromatic heterocycles. The van der Waals surface area contributed by atoms with Crippen LogP contribution in [0.15, 0.2) is 48.9 Å². The second-order valence-corrected chi connectivity index (χ2v) is 18.4. The van der Waals surface area contributed by atoms with Crippen molar-refractivity contribution in [3.05, 3.63) is 65.6 Å². The molecule has 4 aliphatic heterocycles. The first-order valence-corrected chi connectivity index (χ1v) is 23.8. The van der Waals surface area contributed by atoms with Gasteiger partial charge in [-0.3, -0.25) is 34.2 Å². The van der Waals surface area contributed by atoms with Crippen LogP contribution in [0.2, 0.25) is 0 Å². The number of amides is 5. The van der Waals surface area contributed by atoms with E-state index in [0.29, 0.717) is 67.1 Å². The summed E-state index contributed by atoms with van der Waals surface area (Å²) in [6, 6.07) is 8.00. The number of likely N-dealkylation sites (tertiary alicyclic amines) is 1. The van der Waals surface area contributed by atoms with Crippen molar-refractivity contribution in [3.8, 4) is 0 Å². The molecule has 0 radical (unpaired) electrons. The van der Waals surface area contributed by atoms with E-state index in [-0.39, 0.29) is 54.5 Å². The van der Waals surface area contributed by atoms with Crippen molar-refractivity contribution in [3.63, 3.8) is 0 Å². The van der Waals surface area contributed by atoms with Crippen molar-refractivity contribution in [2.75, 3.05) is 81.3 Å². The number of carbonyl (C=O) groups excluding carboxylic acids is 5. The SMILES string of the molecule is CO[C@@H](S)CCN(CCF)c1nccc(Nc2cc3c(cn2)c(C(=O)NC2CCN(CCCOC4CCN(c5cccc6c5C(=O)N(C5CCC(=O)NC5=O)C6=O)CC4)CC2)cn3C(C)C)n1. The molecule has 3 fully saturated rings. The summed E-state index contributed by atoms with van der Waals surface area (Å²) in [5, 5.41) is 9.56. The molecule has 3 N–H and O–H groups in total. The monoisotopic (exact) mass is 941 g/mol. The van der Waals surface area contributed by atoms with Gasteiger partial charge in [0.2, 0.25) is 17.8 Å². The van der Waals surface area contributed by atoms with Crippen molar-refractivity contribution >= 4 is 76.3 Å². The number of thiol groups is 1. The van der Waals surface area contributed by atoms with Gasteiger partial charge < -0.3 is 39.4 Å². The minimum absolute atomic E-state index is 0.0494. The highest BCUT2D eigenvalue weighted by atomic mass is 32.1. The quantitative estimate of drug-likeness (QED) is 0.0429. The lowest BCUT2D eigenvalue weighted by Gasteiger charge is -2.35. The summed E-state index contributed by atoms with van der Waals surface area (Å²) in [6.45, 7) is 8.80. The van der Waals surface area contributed by atoms with Gasteiger partial charge in [0, 0.05) is 114 Å². The van der Waals surface area contributed by atoms with Gasteiger partial charge in [0.05, 0.1) is 34.0 Å². The van der Waals surface area contributed by atoms with Crippen LogP contribution >= 0.6 is 12.6 Å².